The zero-order valence-electron chi connectivity index (χ0n) is 12.9. The first kappa shape index (κ1) is 14.7. The first-order valence-corrected chi connectivity index (χ1v) is 8.39. The van der Waals surface area contributed by atoms with Crippen LogP contribution in [0.2, 0.25) is 0 Å². The summed E-state index contributed by atoms with van der Waals surface area (Å²) >= 11 is 1.45. The van der Waals surface area contributed by atoms with Gasteiger partial charge in [-0.3, -0.25) is 4.40 Å². The van der Waals surface area contributed by atoms with Crippen LogP contribution in [0.4, 0.5) is 0 Å². The third kappa shape index (κ3) is 2.30. The number of carbonyl (C=O) groups is 1. The van der Waals surface area contributed by atoms with Crippen molar-refractivity contribution in [2.45, 2.75) is 6.92 Å². The zero-order chi connectivity index (χ0) is 16.7. The van der Waals surface area contributed by atoms with Crippen LogP contribution in [0.15, 0.2) is 60.0 Å². The van der Waals surface area contributed by atoms with Crippen molar-refractivity contribution in [3.8, 4) is 22.5 Å². The average molecular weight is 334 g/mol. The molecule has 0 atom stereocenters. The molecule has 0 bridgehead atoms. The van der Waals surface area contributed by atoms with E-state index >= 15 is 0 Å². The second kappa shape index (κ2) is 5.62. The number of imidazole rings is 1. The highest BCUT2D eigenvalue weighted by Crippen LogP contribution is 2.33. The van der Waals surface area contributed by atoms with E-state index in [2.05, 4.69) is 4.98 Å². The molecule has 0 unspecified atom stereocenters. The summed E-state index contributed by atoms with van der Waals surface area (Å²) in [6.07, 6.45) is 0. The van der Waals surface area contributed by atoms with E-state index in [0.717, 1.165) is 16.8 Å². The van der Waals surface area contributed by atoms with E-state index in [4.69, 9.17) is 0 Å². The number of aromatic carboxylic acids is 1. The smallest absolute Gasteiger partial charge is 0.355 e. The maximum atomic E-state index is 11.9. The average Bonchev–Trinajstić information content (AvgIpc) is 3.15. The van der Waals surface area contributed by atoms with Gasteiger partial charge < -0.3 is 5.11 Å². The van der Waals surface area contributed by atoms with Gasteiger partial charge in [0.2, 0.25) is 0 Å². The molecule has 2 heterocycles. The van der Waals surface area contributed by atoms with Gasteiger partial charge in [-0.25, -0.2) is 9.78 Å². The van der Waals surface area contributed by atoms with Gasteiger partial charge >= 0.3 is 5.97 Å². The molecule has 4 rings (SSSR count). The molecule has 1 N–H and O–H groups in total. The number of hydrogen-bond acceptors (Lipinski definition) is 3. The fourth-order valence-corrected chi connectivity index (χ4v) is 3.68. The number of hydrogen-bond donors (Lipinski definition) is 1. The summed E-state index contributed by atoms with van der Waals surface area (Å²) in [5.41, 5.74) is 4.50. The molecule has 0 aliphatic carbocycles. The summed E-state index contributed by atoms with van der Waals surface area (Å²) in [5.74, 6) is -0.979. The minimum Gasteiger partial charge on any atom is -0.476 e. The van der Waals surface area contributed by atoms with Crippen LogP contribution in [-0.2, 0) is 0 Å². The number of fused-ring (bicyclic) bond motifs is 1. The Bertz CT molecular complexity index is 1030. The molecule has 4 nitrogen and oxygen atoms in total. The number of aryl methyl sites for hydroxylation is 1. The quantitative estimate of drug-likeness (QED) is 0.589. The van der Waals surface area contributed by atoms with E-state index in [0.29, 0.717) is 10.7 Å². The number of benzene rings is 2. The van der Waals surface area contributed by atoms with Crippen molar-refractivity contribution in [2.75, 3.05) is 0 Å². The highest BCUT2D eigenvalue weighted by atomic mass is 32.1. The molecule has 24 heavy (non-hydrogen) atoms. The van der Waals surface area contributed by atoms with Crippen LogP contribution < -0.4 is 0 Å². The van der Waals surface area contributed by atoms with Crippen LogP contribution in [0.3, 0.4) is 0 Å². The molecule has 4 aromatic rings. The van der Waals surface area contributed by atoms with E-state index in [9.17, 15) is 9.90 Å². The van der Waals surface area contributed by atoms with Crippen LogP contribution in [0.5, 0.6) is 0 Å². The number of carboxylic acids is 1. The summed E-state index contributed by atoms with van der Waals surface area (Å²) in [6.45, 7) is 2.03. The van der Waals surface area contributed by atoms with Crippen molar-refractivity contribution in [1.29, 1.82) is 0 Å². The lowest BCUT2D eigenvalue weighted by Crippen LogP contribution is -2.04. The lowest BCUT2D eigenvalue weighted by molar-refractivity contribution is 0.0690. The van der Waals surface area contributed by atoms with Gasteiger partial charge in [-0.05, 0) is 12.5 Å². The van der Waals surface area contributed by atoms with Gasteiger partial charge in [0.1, 0.15) is 5.69 Å². The maximum absolute atomic E-state index is 11.9. The van der Waals surface area contributed by atoms with Gasteiger partial charge in [-0.2, -0.15) is 0 Å². The van der Waals surface area contributed by atoms with Gasteiger partial charge in [0.25, 0.3) is 0 Å². The molecule has 0 aliphatic rings. The Hall–Kier alpha value is -2.92. The van der Waals surface area contributed by atoms with E-state index in [-0.39, 0.29) is 5.69 Å². The van der Waals surface area contributed by atoms with Crippen molar-refractivity contribution in [1.82, 2.24) is 9.38 Å². The summed E-state index contributed by atoms with van der Waals surface area (Å²) in [7, 11) is 0. The molecular formula is C19H14N2O2S. The van der Waals surface area contributed by atoms with Crippen LogP contribution in [0.1, 0.15) is 16.1 Å². The number of nitrogens with zero attached hydrogens (tertiary/aromatic N) is 2. The Morgan fingerprint density at radius 1 is 1.04 bits per heavy atom. The largest absolute Gasteiger partial charge is 0.476 e. The lowest BCUT2D eigenvalue weighted by Gasteiger charge is -2.04. The summed E-state index contributed by atoms with van der Waals surface area (Å²) < 4.78 is 1.74. The lowest BCUT2D eigenvalue weighted by atomic mass is 10.1. The molecule has 2 aromatic heterocycles. The summed E-state index contributed by atoms with van der Waals surface area (Å²) in [6, 6.07) is 17.5. The number of carboxylic acid groups (broad SMARTS) is 1. The zero-order valence-corrected chi connectivity index (χ0v) is 13.7. The molecule has 2 aromatic carbocycles. The van der Waals surface area contributed by atoms with Crippen LogP contribution in [0, 0.1) is 6.92 Å². The number of rotatable bonds is 3. The van der Waals surface area contributed by atoms with Crippen molar-refractivity contribution in [3.63, 3.8) is 0 Å². The fourth-order valence-electron chi connectivity index (χ4n) is 2.78. The van der Waals surface area contributed by atoms with Crippen LogP contribution >= 0.6 is 11.3 Å². The Morgan fingerprint density at radius 3 is 2.42 bits per heavy atom. The van der Waals surface area contributed by atoms with Gasteiger partial charge in [-0.15, -0.1) is 11.3 Å². The molecule has 5 heteroatoms. The second-order valence-corrected chi connectivity index (χ2v) is 6.42. The first-order chi connectivity index (χ1) is 11.6. The van der Waals surface area contributed by atoms with Crippen molar-refractivity contribution >= 4 is 22.3 Å². The van der Waals surface area contributed by atoms with E-state index in [1.165, 1.54) is 16.9 Å². The van der Waals surface area contributed by atoms with E-state index in [1.54, 1.807) is 4.40 Å². The fraction of sp³-hybridized carbons (Fsp3) is 0.0526. The Labute approximate surface area is 142 Å². The predicted molar refractivity (Wildman–Crippen MR) is 95.6 cm³/mol. The van der Waals surface area contributed by atoms with E-state index < -0.39 is 5.97 Å². The molecule has 0 saturated carbocycles. The van der Waals surface area contributed by atoms with Crippen LogP contribution in [-0.4, -0.2) is 20.5 Å². The molecule has 0 aliphatic heterocycles. The molecule has 0 radical (unpaired) electrons. The monoisotopic (exact) mass is 334 g/mol. The first-order valence-electron chi connectivity index (χ1n) is 7.51. The molecule has 0 saturated heterocycles. The summed E-state index contributed by atoms with van der Waals surface area (Å²) in [5, 5.41) is 11.7. The SMILES string of the molecule is Cc1ccc(-c2csc3nc(-c4ccccc4)c(C(=O)O)n23)cc1. The van der Waals surface area contributed by atoms with Crippen molar-refractivity contribution in [3.05, 3.63) is 71.2 Å². The molecule has 0 fully saturated rings. The standard InChI is InChI=1S/C19H14N2O2S/c1-12-7-9-13(10-8-12)15-11-24-19-20-16(14-5-3-2-4-6-14)17(18(22)23)21(15)19/h2-11H,1H3,(H,22,23). The van der Waals surface area contributed by atoms with Crippen molar-refractivity contribution < 1.29 is 9.90 Å². The predicted octanol–water partition coefficient (Wildman–Crippen LogP) is 4.74. The molecule has 0 spiro atoms. The normalized spacial score (nSPS) is 11.0. The van der Waals surface area contributed by atoms with Gasteiger partial charge in [0, 0.05) is 10.9 Å². The van der Waals surface area contributed by atoms with Gasteiger partial charge in [-0.1, -0.05) is 60.2 Å². The highest BCUT2D eigenvalue weighted by molar-refractivity contribution is 7.15. The maximum Gasteiger partial charge on any atom is 0.355 e. The Kier molecular flexibility index (Phi) is 3.43. The highest BCUT2D eigenvalue weighted by Gasteiger charge is 2.23. The van der Waals surface area contributed by atoms with Gasteiger partial charge in [0.05, 0.1) is 5.69 Å². The minimum absolute atomic E-state index is 0.202. The molecule has 0 amide bonds. The van der Waals surface area contributed by atoms with Crippen LogP contribution in [0.25, 0.3) is 27.5 Å². The second-order valence-electron chi connectivity index (χ2n) is 5.59. The number of thiazole rings is 1. The van der Waals surface area contributed by atoms with E-state index in [1.807, 2.05) is 66.9 Å². The van der Waals surface area contributed by atoms with Crippen molar-refractivity contribution in [2.24, 2.45) is 0 Å². The third-order valence-corrected chi connectivity index (χ3v) is 4.79. The molecule has 118 valence electrons. The van der Waals surface area contributed by atoms with Gasteiger partial charge in [0.15, 0.2) is 10.7 Å². The minimum atomic E-state index is -0.979. The topological polar surface area (TPSA) is 54.6 Å². The Morgan fingerprint density at radius 2 is 1.75 bits per heavy atom. The third-order valence-electron chi connectivity index (χ3n) is 3.96. The Balaban J connectivity index is 2.00. The molecular weight excluding hydrogens is 320 g/mol. The number of aromatic nitrogens is 2. The summed E-state index contributed by atoms with van der Waals surface area (Å²) in [4.78, 5) is 17.2.